The van der Waals surface area contributed by atoms with Gasteiger partial charge in [-0.05, 0) is 50.4 Å². The van der Waals surface area contributed by atoms with Crippen LogP contribution in [-0.4, -0.2) is 13.6 Å². The zero-order valence-corrected chi connectivity index (χ0v) is 10.2. The summed E-state index contributed by atoms with van der Waals surface area (Å²) in [5.74, 6) is 0. The van der Waals surface area contributed by atoms with E-state index in [2.05, 4.69) is 36.5 Å². The quantitative estimate of drug-likeness (QED) is 0.777. The minimum Gasteiger partial charge on any atom is -0.320 e. The van der Waals surface area contributed by atoms with Gasteiger partial charge in [0.05, 0.1) is 0 Å². The predicted molar refractivity (Wildman–Crippen MR) is 68.8 cm³/mol. The van der Waals surface area contributed by atoms with Crippen molar-refractivity contribution in [2.75, 3.05) is 13.6 Å². The van der Waals surface area contributed by atoms with Gasteiger partial charge in [0.25, 0.3) is 0 Å². The van der Waals surface area contributed by atoms with E-state index in [1.165, 1.54) is 33.4 Å². The van der Waals surface area contributed by atoms with Crippen molar-refractivity contribution in [2.45, 2.75) is 19.8 Å². The summed E-state index contributed by atoms with van der Waals surface area (Å²) in [7, 11) is 2.01. The predicted octanol–water partition coefficient (Wildman–Crippen LogP) is 3.36. The van der Waals surface area contributed by atoms with Gasteiger partial charge < -0.3 is 5.32 Å². The second-order valence-electron chi connectivity index (χ2n) is 3.91. The van der Waals surface area contributed by atoms with Gasteiger partial charge >= 0.3 is 0 Å². The Kier molecular flexibility index (Phi) is 3.39. The highest BCUT2D eigenvalue weighted by molar-refractivity contribution is 7.19. The Balaban J connectivity index is 2.20. The number of hydrogen-bond donors (Lipinski definition) is 1. The molecule has 0 fully saturated rings. The second-order valence-corrected chi connectivity index (χ2v) is 5.05. The maximum Gasteiger partial charge on any atom is 0.0374 e. The molecule has 0 radical (unpaired) electrons. The summed E-state index contributed by atoms with van der Waals surface area (Å²) in [6.45, 7) is 3.30. The lowest BCUT2D eigenvalue weighted by Crippen LogP contribution is -2.07. The summed E-state index contributed by atoms with van der Waals surface area (Å²) in [5, 5.41) is 4.59. The Morgan fingerprint density at radius 2 is 2.20 bits per heavy atom. The van der Waals surface area contributed by atoms with Crippen molar-refractivity contribution in [1.82, 2.24) is 5.32 Å². The molecule has 1 aromatic carbocycles. The third kappa shape index (κ3) is 2.39. The molecule has 0 saturated carbocycles. The summed E-state index contributed by atoms with van der Waals surface area (Å²) in [6.07, 6.45) is 2.42. The highest BCUT2D eigenvalue weighted by Gasteiger charge is 2.03. The van der Waals surface area contributed by atoms with Crippen molar-refractivity contribution in [1.29, 1.82) is 0 Å². The SMILES string of the molecule is CNCCCc1cc2cccc(C)c2s1. The standard InChI is InChI=1S/C13H17NS/c1-10-5-3-6-11-9-12(15-13(10)11)7-4-8-14-2/h3,5-6,9,14H,4,7-8H2,1-2H3. The molecule has 15 heavy (non-hydrogen) atoms. The normalized spacial score (nSPS) is 11.1. The molecule has 1 aromatic heterocycles. The van der Waals surface area contributed by atoms with Crippen LogP contribution >= 0.6 is 11.3 Å². The monoisotopic (exact) mass is 219 g/mol. The van der Waals surface area contributed by atoms with Crippen LogP contribution in [0, 0.1) is 6.92 Å². The molecule has 0 unspecified atom stereocenters. The van der Waals surface area contributed by atoms with Gasteiger partial charge in [-0.25, -0.2) is 0 Å². The van der Waals surface area contributed by atoms with Crippen LogP contribution in [0.15, 0.2) is 24.3 Å². The number of fused-ring (bicyclic) bond motifs is 1. The lowest BCUT2D eigenvalue weighted by atomic mass is 10.1. The average Bonchev–Trinajstić information content (AvgIpc) is 2.63. The van der Waals surface area contributed by atoms with Gasteiger partial charge in [-0.2, -0.15) is 0 Å². The first-order valence-electron chi connectivity index (χ1n) is 5.44. The van der Waals surface area contributed by atoms with E-state index in [1.807, 2.05) is 18.4 Å². The van der Waals surface area contributed by atoms with E-state index in [1.54, 1.807) is 0 Å². The van der Waals surface area contributed by atoms with Gasteiger partial charge in [0.2, 0.25) is 0 Å². The lowest BCUT2D eigenvalue weighted by molar-refractivity contribution is 0.729. The first-order chi connectivity index (χ1) is 7.31. The maximum atomic E-state index is 3.19. The van der Waals surface area contributed by atoms with Crippen LogP contribution in [-0.2, 0) is 6.42 Å². The highest BCUT2D eigenvalue weighted by Crippen LogP contribution is 2.28. The molecule has 0 bridgehead atoms. The number of hydrogen-bond acceptors (Lipinski definition) is 2. The van der Waals surface area contributed by atoms with Crippen molar-refractivity contribution < 1.29 is 0 Å². The smallest absolute Gasteiger partial charge is 0.0374 e. The maximum absolute atomic E-state index is 3.19. The molecule has 0 amide bonds. The number of nitrogens with one attached hydrogen (secondary N) is 1. The van der Waals surface area contributed by atoms with E-state index < -0.39 is 0 Å². The first kappa shape index (κ1) is 10.7. The first-order valence-corrected chi connectivity index (χ1v) is 6.25. The van der Waals surface area contributed by atoms with Gasteiger partial charge in [-0.15, -0.1) is 11.3 Å². The van der Waals surface area contributed by atoms with E-state index in [0.29, 0.717) is 0 Å². The fourth-order valence-corrected chi connectivity index (χ4v) is 2.99. The Labute approximate surface area is 95.1 Å². The molecule has 2 heteroatoms. The molecule has 1 nitrogen and oxygen atoms in total. The molecule has 2 aromatic rings. The van der Waals surface area contributed by atoms with Crippen molar-refractivity contribution >= 4 is 21.4 Å². The Bertz CT molecular complexity index is 445. The summed E-state index contributed by atoms with van der Waals surface area (Å²) >= 11 is 1.95. The molecule has 0 aliphatic heterocycles. The molecule has 0 atom stereocenters. The minimum atomic E-state index is 1.10. The third-order valence-electron chi connectivity index (χ3n) is 2.64. The lowest BCUT2D eigenvalue weighted by Gasteiger charge is -1.95. The molecular formula is C13H17NS. The summed E-state index contributed by atoms with van der Waals surface area (Å²) in [4.78, 5) is 1.51. The van der Waals surface area contributed by atoms with Crippen molar-refractivity contribution in [3.8, 4) is 0 Å². The molecule has 0 saturated heterocycles. The van der Waals surface area contributed by atoms with Crippen LogP contribution in [0.3, 0.4) is 0 Å². The van der Waals surface area contributed by atoms with Gasteiger partial charge in [0.15, 0.2) is 0 Å². The summed E-state index contributed by atoms with van der Waals surface area (Å²) in [5.41, 5.74) is 1.40. The van der Waals surface area contributed by atoms with Crippen LogP contribution in [0.2, 0.25) is 0 Å². The molecular weight excluding hydrogens is 202 g/mol. The topological polar surface area (TPSA) is 12.0 Å². The third-order valence-corrected chi connectivity index (χ3v) is 3.99. The van der Waals surface area contributed by atoms with Crippen LogP contribution in [0.4, 0.5) is 0 Å². The van der Waals surface area contributed by atoms with Crippen molar-refractivity contribution in [2.24, 2.45) is 0 Å². The zero-order chi connectivity index (χ0) is 10.7. The molecule has 1 N–H and O–H groups in total. The van der Waals surface area contributed by atoms with E-state index in [0.717, 1.165) is 6.54 Å². The zero-order valence-electron chi connectivity index (χ0n) is 9.34. The Morgan fingerprint density at radius 1 is 1.33 bits per heavy atom. The van der Waals surface area contributed by atoms with E-state index in [9.17, 15) is 0 Å². The van der Waals surface area contributed by atoms with Crippen LogP contribution in [0.25, 0.3) is 10.1 Å². The fraction of sp³-hybridized carbons (Fsp3) is 0.385. The number of thiophene rings is 1. The molecule has 0 spiro atoms. The van der Waals surface area contributed by atoms with Crippen molar-refractivity contribution in [3.05, 3.63) is 34.7 Å². The molecule has 80 valence electrons. The number of aryl methyl sites for hydroxylation is 2. The minimum absolute atomic E-state index is 1.10. The van der Waals surface area contributed by atoms with Crippen LogP contribution < -0.4 is 5.32 Å². The largest absolute Gasteiger partial charge is 0.320 e. The molecule has 0 aliphatic carbocycles. The summed E-state index contributed by atoms with van der Waals surface area (Å²) < 4.78 is 1.46. The van der Waals surface area contributed by atoms with Crippen LogP contribution in [0.5, 0.6) is 0 Å². The van der Waals surface area contributed by atoms with Gasteiger partial charge in [-0.3, -0.25) is 0 Å². The van der Waals surface area contributed by atoms with Gasteiger partial charge in [0, 0.05) is 9.58 Å². The number of benzene rings is 1. The highest BCUT2D eigenvalue weighted by atomic mass is 32.1. The second kappa shape index (κ2) is 4.77. The van der Waals surface area contributed by atoms with Crippen LogP contribution in [0.1, 0.15) is 16.9 Å². The van der Waals surface area contributed by atoms with E-state index in [4.69, 9.17) is 0 Å². The van der Waals surface area contributed by atoms with Gasteiger partial charge in [0.1, 0.15) is 0 Å². The summed E-state index contributed by atoms with van der Waals surface area (Å²) in [6, 6.07) is 8.88. The van der Waals surface area contributed by atoms with E-state index in [-0.39, 0.29) is 0 Å². The molecule has 1 heterocycles. The number of rotatable bonds is 4. The Hall–Kier alpha value is -0.860. The fourth-order valence-electron chi connectivity index (χ4n) is 1.82. The molecule has 2 rings (SSSR count). The van der Waals surface area contributed by atoms with Gasteiger partial charge in [-0.1, -0.05) is 18.2 Å². The molecule has 0 aliphatic rings. The van der Waals surface area contributed by atoms with Crippen molar-refractivity contribution in [3.63, 3.8) is 0 Å². The van der Waals surface area contributed by atoms with E-state index >= 15 is 0 Å². The Morgan fingerprint density at radius 3 is 2.93 bits per heavy atom. The average molecular weight is 219 g/mol.